The van der Waals surface area contributed by atoms with Crippen LogP contribution in [0.3, 0.4) is 0 Å². The monoisotopic (exact) mass is 518 g/mol. The van der Waals surface area contributed by atoms with E-state index in [0.717, 1.165) is 4.90 Å². The molecular formula is C27H19ClN2O7. The molecule has 1 aliphatic rings. The molecule has 1 heterocycles. The largest absolute Gasteiger partial charge is 0.462 e. The van der Waals surface area contributed by atoms with Crippen LogP contribution in [0.4, 0.5) is 11.4 Å². The molecule has 37 heavy (non-hydrogen) atoms. The molecule has 0 spiro atoms. The van der Waals surface area contributed by atoms with Gasteiger partial charge in [0.1, 0.15) is 22.8 Å². The second-order valence-corrected chi connectivity index (χ2v) is 8.06. The number of aldehydes is 1. The molecule has 0 saturated carbocycles. The average molecular weight is 519 g/mol. The van der Waals surface area contributed by atoms with Gasteiger partial charge < -0.3 is 14.8 Å². The highest BCUT2D eigenvalue weighted by Crippen LogP contribution is 2.30. The van der Waals surface area contributed by atoms with Crippen LogP contribution in [0.5, 0.6) is 5.75 Å². The summed E-state index contributed by atoms with van der Waals surface area (Å²) in [6, 6.07) is 17.9. The number of rotatable bonds is 8. The molecule has 0 aliphatic carbocycles. The van der Waals surface area contributed by atoms with Crippen LogP contribution >= 0.6 is 11.6 Å². The Hall–Kier alpha value is -4.76. The zero-order valence-corrected chi connectivity index (χ0v) is 20.2. The second-order valence-electron chi connectivity index (χ2n) is 7.68. The van der Waals surface area contributed by atoms with Gasteiger partial charge in [-0.1, -0.05) is 11.6 Å². The number of ether oxygens (including phenoxy) is 2. The molecule has 0 fully saturated rings. The van der Waals surface area contributed by atoms with E-state index in [1.807, 2.05) is 0 Å². The first-order chi connectivity index (χ1) is 17.8. The van der Waals surface area contributed by atoms with Crippen LogP contribution in [0, 0.1) is 0 Å². The van der Waals surface area contributed by atoms with Crippen LogP contribution in [0.25, 0.3) is 0 Å². The van der Waals surface area contributed by atoms with Gasteiger partial charge in [-0.3, -0.25) is 14.4 Å². The van der Waals surface area contributed by atoms with Gasteiger partial charge in [0.2, 0.25) is 0 Å². The summed E-state index contributed by atoms with van der Waals surface area (Å²) in [4.78, 5) is 61.6. The maximum atomic E-state index is 13.0. The van der Waals surface area contributed by atoms with Gasteiger partial charge in [0, 0.05) is 11.3 Å². The van der Waals surface area contributed by atoms with Crippen LogP contribution < -0.4 is 15.0 Å². The third-order valence-electron chi connectivity index (χ3n) is 5.28. The smallest absolute Gasteiger partial charge is 0.343 e. The lowest BCUT2D eigenvalue weighted by atomic mass is 10.2. The molecule has 0 unspecified atom stereocenters. The molecule has 9 nitrogen and oxygen atoms in total. The zero-order valence-electron chi connectivity index (χ0n) is 19.4. The van der Waals surface area contributed by atoms with Gasteiger partial charge in [0.25, 0.3) is 11.8 Å². The summed E-state index contributed by atoms with van der Waals surface area (Å²) in [5.41, 5.74) is 1.47. The van der Waals surface area contributed by atoms with E-state index in [4.69, 9.17) is 21.1 Å². The first-order valence-electron chi connectivity index (χ1n) is 11.0. The Morgan fingerprint density at radius 1 is 0.865 bits per heavy atom. The highest BCUT2D eigenvalue weighted by atomic mass is 35.5. The molecule has 0 saturated heterocycles. The SMILES string of the molecule is CCOC(=O)c1ccc(N2C(=O)C(Cl)=C(Nc3ccc(C(=O)Oc4ccc(C=O)cc4)cc3)C2=O)cc1. The third kappa shape index (κ3) is 5.41. The van der Waals surface area contributed by atoms with Crippen LogP contribution in [0.15, 0.2) is 83.5 Å². The van der Waals surface area contributed by atoms with Gasteiger partial charge in [-0.15, -0.1) is 0 Å². The fourth-order valence-electron chi connectivity index (χ4n) is 3.42. The summed E-state index contributed by atoms with van der Waals surface area (Å²) in [5, 5.41) is 2.52. The van der Waals surface area contributed by atoms with E-state index in [1.54, 1.807) is 6.92 Å². The van der Waals surface area contributed by atoms with Gasteiger partial charge in [-0.25, -0.2) is 14.5 Å². The molecule has 1 aliphatic heterocycles. The number of nitrogens with zero attached hydrogens (tertiary/aromatic N) is 1. The number of hydrogen-bond donors (Lipinski definition) is 1. The van der Waals surface area contributed by atoms with Crippen LogP contribution in [0.2, 0.25) is 0 Å². The van der Waals surface area contributed by atoms with E-state index in [2.05, 4.69) is 5.32 Å². The molecule has 0 bridgehead atoms. The average Bonchev–Trinajstić information content (AvgIpc) is 3.12. The van der Waals surface area contributed by atoms with Crippen molar-refractivity contribution < 1.29 is 33.4 Å². The van der Waals surface area contributed by atoms with E-state index >= 15 is 0 Å². The summed E-state index contributed by atoms with van der Waals surface area (Å²) < 4.78 is 10.2. The number of nitrogens with one attached hydrogen (secondary N) is 1. The predicted octanol–water partition coefficient (Wildman–Crippen LogP) is 4.33. The molecule has 3 aromatic rings. The minimum Gasteiger partial charge on any atom is -0.462 e. The van der Waals surface area contributed by atoms with Gasteiger partial charge >= 0.3 is 11.9 Å². The maximum absolute atomic E-state index is 13.0. The van der Waals surface area contributed by atoms with E-state index < -0.39 is 23.8 Å². The van der Waals surface area contributed by atoms with Crippen molar-refractivity contribution in [3.8, 4) is 5.75 Å². The maximum Gasteiger partial charge on any atom is 0.343 e. The highest BCUT2D eigenvalue weighted by molar-refractivity contribution is 6.53. The second kappa shape index (κ2) is 10.9. The number of carbonyl (C=O) groups excluding carboxylic acids is 5. The van der Waals surface area contributed by atoms with Crippen molar-refractivity contribution in [1.82, 2.24) is 0 Å². The van der Waals surface area contributed by atoms with Crippen molar-refractivity contribution in [3.63, 3.8) is 0 Å². The van der Waals surface area contributed by atoms with Crippen molar-refractivity contribution in [2.75, 3.05) is 16.8 Å². The van der Waals surface area contributed by atoms with Crippen molar-refractivity contribution in [2.45, 2.75) is 6.92 Å². The third-order valence-corrected chi connectivity index (χ3v) is 5.63. The molecular weight excluding hydrogens is 500 g/mol. The Labute approximate surface area is 216 Å². The van der Waals surface area contributed by atoms with E-state index in [-0.39, 0.29) is 39.9 Å². The van der Waals surface area contributed by atoms with Gasteiger partial charge in [-0.05, 0) is 79.7 Å². The topological polar surface area (TPSA) is 119 Å². The summed E-state index contributed by atoms with van der Waals surface area (Å²) in [5.74, 6) is -2.26. The lowest BCUT2D eigenvalue weighted by molar-refractivity contribution is -0.120. The standard InChI is InChI=1S/C27H19ClN2O7/c1-2-36-26(34)17-7-11-20(12-8-17)30-24(32)22(28)23(25(30)33)29-19-9-5-18(6-10-19)27(35)37-21-13-3-16(15-31)4-14-21/h3-15,29H,2H2,1H3. The van der Waals surface area contributed by atoms with E-state index in [1.165, 1.54) is 72.8 Å². The predicted molar refractivity (Wildman–Crippen MR) is 135 cm³/mol. The van der Waals surface area contributed by atoms with Crippen LogP contribution in [-0.4, -0.2) is 36.6 Å². The fraction of sp³-hybridized carbons (Fsp3) is 0.0741. The number of imide groups is 1. The number of hydrogen-bond acceptors (Lipinski definition) is 8. The first-order valence-corrected chi connectivity index (χ1v) is 11.4. The fourth-order valence-corrected chi connectivity index (χ4v) is 3.63. The summed E-state index contributed by atoms with van der Waals surface area (Å²) in [7, 11) is 0. The number of benzene rings is 3. The molecule has 2 amide bonds. The van der Waals surface area contributed by atoms with Gasteiger partial charge in [0.15, 0.2) is 0 Å². The number of esters is 2. The summed E-state index contributed by atoms with van der Waals surface area (Å²) in [6.07, 6.45) is 0.683. The number of carbonyl (C=O) groups is 5. The Kier molecular flexibility index (Phi) is 7.45. The number of amides is 2. The lowest BCUT2D eigenvalue weighted by Gasteiger charge is -2.15. The Balaban J connectivity index is 1.44. The van der Waals surface area contributed by atoms with Gasteiger partial charge in [-0.2, -0.15) is 0 Å². The molecule has 0 radical (unpaired) electrons. The molecule has 186 valence electrons. The van der Waals surface area contributed by atoms with Crippen molar-refractivity contribution in [3.05, 3.63) is 100 Å². The normalized spacial score (nSPS) is 13.0. The minimum absolute atomic E-state index is 0.133. The number of halogens is 1. The molecule has 4 rings (SSSR count). The van der Waals surface area contributed by atoms with E-state index in [9.17, 15) is 24.0 Å². The molecule has 1 N–H and O–H groups in total. The van der Waals surface area contributed by atoms with Crippen molar-refractivity contribution in [1.29, 1.82) is 0 Å². The summed E-state index contributed by atoms with van der Waals surface area (Å²) >= 11 is 6.17. The number of anilines is 2. The zero-order chi connectivity index (χ0) is 26.5. The highest BCUT2D eigenvalue weighted by Gasteiger charge is 2.39. The lowest BCUT2D eigenvalue weighted by Crippen LogP contribution is -2.32. The molecule has 0 aromatic heterocycles. The Morgan fingerprint density at radius 2 is 1.46 bits per heavy atom. The van der Waals surface area contributed by atoms with Crippen LogP contribution in [0.1, 0.15) is 38.0 Å². The molecule has 10 heteroatoms. The van der Waals surface area contributed by atoms with Crippen molar-refractivity contribution >= 4 is 53.0 Å². The van der Waals surface area contributed by atoms with Gasteiger partial charge in [0.05, 0.1) is 23.4 Å². The quantitative estimate of drug-likeness (QED) is 0.202. The molecule has 3 aromatic carbocycles. The Morgan fingerprint density at radius 3 is 2.05 bits per heavy atom. The van der Waals surface area contributed by atoms with Crippen molar-refractivity contribution in [2.24, 2.45) is 0 Å². The Bertz CT molecular complexity index is 1410. The minimum atomic E-state index is -0.723. The van der Waals surface area contributed by atoms with Crippen LogP contribution in [-0.2, 0) is 14.3 Å². The summed E-state index contributed by atoms with van der Waals surface area (Å²) in [6.45, 7) is 1.91. The first kappa shape index (κ1) is 25.3. The molecule has 0 atom stereocenters. The van der Waals surface area contributed by atoms with E-state index in [0.29, 0.717) is 17.5 Å².